The van der Waals surface area contributed by atoms with Gasteiger partial charge in [0, 0.05) is 0 Å². The van der Waals surface area contributed by atoms with Crippen LogP contribution in [0.25, 0.3) is 0 Å². The molecule has 224 valence electrons. The molecule has 0 aliphatic heterocycles. The second-order valence-electron chi connectivity index (χ2n) is 7.24. The molecule has 0 heterocycles. The Balaban J connectivity index is 2.93. The maximum atomic E-state index is 14.5. The van der Waals surface area contributed by atoms with Gasteiger partial charge in [0.25, 0.3) is 0 Å². The van der Waals surface area contributed by atoms with E-state index in [1.165, 1.54) is 0 Å². The van der Waals surface area contributed by atoms with Crippen LogP contribution in [0.4, 0.5) is 39.5 Å². The van der Waals surface area contributed by atoms with E-state index in [-0.39, 0.29) is 0 Å². The summed E-state index contributed by atoms with van der Waals surface area (Å²) in [5, 5.41) is 11.3. The topological polar surface area (TPSA) is 136 Å². The Morgan fingerprint density at radius 1 is 0.725 bits per heavy atom. The van der Waals surface area contributed by atoms with E-state index in [0.717, 1.165) is 38.5 Å². The number of alkyl halides is 9. The molecule has 0 saturated carbocycles. The minimum absolute atomic E-state index is 0.538. The molecule has 0 saturated heterocycles. The van der Waals surface area contributed by atoms with Crippen LogP contribution >= 0.6 is 20.2 Å². The summed E-state index contributed by atoms with van der Waals surface area (Å²) in [6, 6.07) is 4.49. The summed E-state index contributed by atoms with van der Waals surface area (Å²) in [6.45, 7) is 0. The van der Waals surface area contributed by atoms with Gasteiger partial charge < -0.3 is 0 Å². The Kier molecular flexibility index (Phi) is 9.22. The van der Waals surface area contributed by atoms with Crippen molar-refractivity contribution in [1.82, 2.24) is 0 Å². The summed E-state index contributed by atoms with van der Waals surface area (Å²) >= 11 is -5.05. The summed E-state index contributed by atoms with van der Waals surface area (Å²) in [7, 11) is -5.70. The van der Waals surface area contributed by atoms with Gasteiger partial charge in [-0.15, -0.1) is 0 Å². The third-order valence-electron chi connectivity index (χ3n) is 4.74. The number of ether oxygens (including phenoxy) is 2. The van der Waals surface area contributed by atoms with Gasteiger partial charge in [0.05, 0.1) is 0 Å². The van der Waals surface area contributed by atoms with Crippen LogP contribution in [-0.4, -0.2) is 68.1 Å². The van der Waals surface area contributed by atoms with Crippen LogP contribution in [0.15, 0.2) is 36.4 Å². The van der Waals surface area contributed by atoms with Gasteiger partial charge in [-0.25, -0.2) is 0 Å². The van der Waals surface area contributed by atoms with E-state index in [4.69, 9.17) is 9.47 Å². The SMILES string of the molecule is COc1ccc(C(=O)O)cc1I(OS(=O)(=O)C(F)(F)C(F)(F)C(F)(F)C(F)(F)F)c1cc(C(=O)O)ccc1OC. The third kappa shape index (κ3) is 5.73. The molecule has 0 atom stereocenters. The molecule has 0 unspecified atom stereocenters. The molecule has 9 nitrogen and oxygen atoms in total. The van der Waals surface area contributed by atoms with E-state index in [0.29, 0.717) is 12.1 Å². The Morgan fingerprint density at radius 3 is 1.40 bits per heavy atom. The molecule has 0 radical (unpaired) electrons. The van der Waals surface area contributed by atoms with Crippen molar-refractivity contribution in [2.45, 2.75) is 23.3 Å². The normalized spacial score (nSPS) is 13.5. The molecule has 20 heteroatoms. The van der Waals surface area contributed by atoms with Crippen molar-refractivity contribution in [3.05, 3.63) is 54.7 Å². The predicted molar refractivity (Wildman–Crippen MR) is 122 cm³/mol. The van der Waals surface area contributed by atoms with Gasteiger partial charge in [0.15, 0.2) is 0 Å². The van der Waals surface area contributed by atoms with E-state index < -0.39 is 95.3 Å². The monoisotopic (exact) mass is 728 g/mol. The molecule has 0 fully saturated rings. The average Bonchev–Trinajstić information content (AvgIpc) is 2.85. The van der Waals surface area contributed by atoms with Crippen molar-refractivity contribution in [3.63, 3.8) is 0 Å². The van der Waals surface area contributed by atoms with E-state index in [9.17, 15) is 67.7 Å². The van der Waals surface area contributed by atoms with Crippen LogP contribution in [0.5, 0.6) is 11.5 Å². The number of carbonyl (C=O) groups is 2. The molecular formula is C20H14F9IO9S. The first-order chi connectivity index (χ1) is 18.1. The summed E-state index contributed by atoms with van der Waals surface area (Å²) in [5.74, 6) is -19.7. The molecule has 2 aromatic carbocycles. The number of carboxylic acid groups (broad SMARTS) is 2. The summed E-state index contributed by atoms with van der Waals surface area (Å²) < 4.78 is 159. The van der Waals surface area contributed by atoms with Crippen LogP contribution in [-0.2, 0) is 12.6 Å². The number of aromatic carboxylic acids is 2. The van der Waals surface area contributed by atoms with Gasteiger partial charge >= 0.3 is 226 Å². The molecule has 2 aromatic rings. The first-order valence-electron chi connectivity index (χ1n) is 9.74. The second-order valence-corrected chi connectivity index (χ2v) is 13.6. The Bertz CT molecular complexity index is 1350. The predicted octanol–water partition coefficient (Wildman–Crippen LogP) is 5.33. The van der Waals surface area contributed by atoms with Crippen LogP contribution in [0, 0.1) is 7.14 Å². The molecule has 0 amide bonds. The molecule has 2 N–H and O–H groups in total. The zero-order chi connectivity index (χ0) is 31.1. The molecule has 40 heavy (non-hydrogen) atoms. The standard InChI is InChI=1S/C20H14F9IO9S/c1-37-13-5-3-9(15(31)32)7-11(13)30(12-8-10(16(33)34)4-6-14(12)38-2)39-40(35,36)20(28,29)18(23,24)17(21,22)19(25,26)27/h3-8H,1-2H3,(H,31,32)(H,33,34). The molecule has 0 aliphatic carbocycles. The van der Waals surface area contributed by atoms with E-state index in [1.54, 1.807) is 0 Å². The van der Waals surface area contributed by atoms with Crippen molar-refractivity contribution in [2.24, 2.45) is 0 Å². The molecule has 0 spiro atoms. The van der Waals surface area contributed by atoms with Crippen molar-refractivity contribution < 1.29 is 79.7 Å². The van der Waals surface area contributed by atoms with Crippen molar-refractivity contribution in [3.8, 4) is 11.5 Å². The quantitative estimate of drug-likeness (QED) is 0.233. The summed E-state index contributed by atoms with van der Waals surface area (Å²) in [6.07, 6.45) is -7.34. The molecule has 2 rings (SSSR count). The van der Waals surface area contributed by atoms with E-state index in [2.05, 4.69) is 2.51 Å². The van der Waals surface area contributed by atoms with Gasteiger partial charge in [0.2, 0.25) is 0 Å². The molecule has 0 aliphatic rings. The van der Waals surface area contributed by atoms with Gasteiger partial charge in [-0.3, -0.25) is 0 Å². The van der Waals surface area contributed by atoms with E-state index in [1.807, 2.05) is 0 Å². The number of carboxylic acids is 2. The van der Waals surface area contributed by atoms with Gasteiger partial charge in [-0.1, -0.05) is 0 Å². The average molecular weight is 728 g/mol. The Hall–Kier alpha value is -3.01. The zero-order valence-electron chi connectivity index (χ0n) is 19.4. The molecule has 0 bridgehead atoms. The van der Waals surface area contributed by atoms with Crippen LogP contribution in [0.2, 0.25) is 0 Å². The van der Waals surface area contributed by atoms with Gasteiger partial charge in [-0.2, -0.15) is 0 Å². The molecular weight excluding hydrogens is 714 g/mol. The fraction of sp³-hybridized carbons (Fsp3) is 0.300. The van der Waals surface area contributed by atoms with Crippen LogP contribution in [0.3, 0.4) is 0 Å². The van der Waals surface area contributed by atoms with E-state index >= 15 is 0 Å². The fourth-order valence-electron chi connectivity index (χ4n) is 2.68. The first-order valence-corrected chi connectivity index (χ1v) is 14.2. The fourth-order valence-corrected chi connectivity index (χ4v) is 10.4. The number of methoxy groups -OCH3 is 2. The second kappa shape index (κ2) is 11.1. The zero-order valence-corrected chi connectivity index (χ0v) is 22.4. The third-order valence-corrected chi connectivity index (χ3v) is 12.2. The van der Waals surface area contributed by atoms with Crippen molar-refractivity contribution in [2.75, 3.05) is 14.2 Å². The van der Waals surface area contributed by atoms with Crippen molar-refractivity contribution in [1.29, 1.82) is 0 Å². The Morgan fingerprint density at radius 2 is 1.10 bits per heavy atom. The maximum absolute atomic E-state index is 14.5. The summed E-state index contributed by atoms with van der Waals surface area (Å²) in [4.78, 5) is 22.9. The minimum atomic E-state index is -7.63. The number of hydrogen-bond donors (Lipinski definition) is 2. The number of halogens is 10. The van der Waals surface area contributed by atoms with Crippen LogP contribution < -0.4 is 9.47 Å². The number of benzene rings is 2. The summed E-state index contributed by atoms with van der Waals surface area (Å²) in [5.41, 5.74) is -1.40. The van der Waals surface area contributed by atoms with Crippen molar-refractivity contribution >= 4 is 42.3 Å². The van der Waals surface area contributed by atoms with Gasteiger partial charge in [-0.05, 0) is 0 Å². The number of rotatable bonds is 11. The number of hydrogen-bond acceptors (Lipinski definition) is 7. The molecule has 0 aromatic heterocycles. The Labute approximate surface area is 225 Å². The van der Waals surface area contributed by atoms with Crippen LogP contribution in [0.1, 0.15) is 20.7 Å². The van der Waals surface area contributed by atoms with Gasteiger partial charge in [0.1, 0.15) is 0 Å². The first kappa shape index (κ1) is 33.2.